The second kappa shape index (κ2) is 11.6. The van der Waals surface area contributed by atoms with Gasteiger partial charge in [-0.05, 0) is 80.4 Å². The molecule has 0 atom stereocenters. The van der Waals surface area contributed by atoms with E-state index in [1.54, 1.807) is 0 Å². The SMILES string of the molecule is CN=CC=C(NCn1c2ccccc2c2cc3c(cc21)C(C)(C)c1ccccc1-3)c1ccc(-c2cccc(-c3ccccc3)c2)cc1. The number of allylic oxidation sites excluding steroid dienone is 1. The van der Waals surface area contributed by atoms with Gasteiger partial charge in [-0.1, -0.05) is 129 Å². The van der Waals surface area contributed by atoms with Crippen LogP contribution in [0.25, 0.3) is 60.9 Å². The van der Waals surface area contributed by atoms with E-state index in [4.69, 9.17) is 0 Å². The van der Waals surface area contributed by atoms with Crippen molar-refractivity contribution in [3.63, 3.8) is 0 Å². The first kappa shape index (κ1) is 28.8. The van der Waals surface area contributed by atoms with E-state index in [1.165, 1.54) is 66.3 Å². The Bertz CT molecular complexity index is 2320. The standard InChI is InChI=1S/C44H37N3/c1-44(2)39-18-9-7-16-35(39)37-27-38-36-17-8-10-19-42(36)47(43(38)28-40(37)44)29-46-41(24-25-45-3)32-22-20-31(21-23-32)34-15-11-14-33(26-34)30-12-5-4-6-13-30/h4-28,46H,29H2,1-3H3. The Morgan fingerprint density at radius 3 is 2.09 bits per heavy atom. The molecule has 0 aliphatic heterocycles. The third-order valence-corrected chi connectivity index (χ3v) is 9.79. The van der Waals surface area contributed by atoms with Crippen molar-refractivity contribution in [1.29, 1.82) is 0 Å². The van der Waals surface area contributed by atoms with Gasteiger partial charge in [-0.15, -0.1) is 0 Å². The van der Waals surface area contributed by atoms with Crippen LogP contribution in [-0.2, 0) is 12.1 Å². The third-order valence-electron chi connectivity index (χ3n) is 9.79. The Morgan fingerprint density at radius 2 is 1.30 bits per heavy atom. The fourth-order valence-electron chi connectivity index (χ4n) is 7.33. The molecule has 47 heavy (non-hydrogen) atoms. The monoisotopic (exact) mass is 607 g/mol. The number of aliphatic imine (C=N–C) groups is 1. The predicted molar refractivity (Wildman–Crippen MR) is 200 cm³/mol. The van der Waals surface area contributed by atoms with Crippen molar-refractivity contribution in [3.8, 4) is 33.4 Å². The minimum absolute atomic E-state index is 0.0557. The zero-order valence-electron chi connectivity index (χ0n) is 27.0. The lowest BCUT2D eigenvalue weighted by atomic mass is 9.82. The molecule has 1 aromatic heterocycles. The van der Waals surface area contributed by atoms with Crippen molar-refractivity contribution in [3.05, 3.63) is 162 Å². The van der Waals surface area contributed by atoms with Crippen LogP contribution in [0.3, 0.4) is 0 Å². The van der Waals surface area contributed by atoms with Crippen LogP contribution >= 0.6 is 0 Å². The Hall–Kier alpha value is -5.67. The maximum Gasteiger partial charge on any atom is 0.0926 e. The van der Waals surface area contributed by atoms with Crippen molar-refractivity contribution in [2.75, 3.05) is 7.05 Å². The molecule has 228 valence electrons. The first-order chi connectivity index (χ1) is 23.0. The molecule has 0 unspecified atom stereocenters. The van der Waals surface area contributed by atoms with Gasteiger partial charge in [-0.25, -0.2) is 0 Å². The average molecular weight is 608 g/mol. The van der Waals surface area contributed by atoms with E-state index in [9.17, 15) is 0 Å². The normalized spacial score (nSPS) is 13.7. The predicted octanol–water partition coefficient (Wildman–Crippen LogP) is 10.7. The maximum atomic E-state index is 4.28. The molecular weight excluding hydrogens is 571 g/mol. The lowest BCUT2D eigenvalue weighted by Crippen LogP contribution is -2.18. The molecule has 1 aliphatic carbocycles. The van der Waals surface area contributed by atoms with Crippen LogP contribution in [0.15, 0.2) is 151 Å². The first-order valence-corrected chi connectivity index (χ1v) is 16.3. The summed E-state index contributed by atoms with van der Waals surface area (Å²) in [5, 5.41) is 6.35. The van der Waals surface area contributed by atoms with Gasteiger partial charge in [0.05, 0.1) is 17.7 Å². The number of fused-ring (bicyclic) bond motifs is 6. The van der Waals surface area contributed by atoms with Gasteiger partial charge in [0.25, 0.3) is 0 Å². The summed E-state index contributed by atoms with van der Waals surface area (Å²) in [5.41, 5.74) is 14.9. The largest absolute Gasteiger partial charge is 0.367 e. The minimum atomic E-state index is -0.0557. The van der Waals surface area contributed by atoms with Crippen LogP contribution in [0.5, 0.6) is 0 Å². The molecule has 0 bridgehead atoms. The van der Waals surface area contributed by atoms with Gasteiger partial charge < -0.3 is 9.88 Å². The summed E-state index contributed by atoms with van der Waals surface area (Å²) >= 11 is 0. The first-order valence-electron chi connectivity index (χ1n) is 16.3. The summed E-state index contributed by atoms with van der Waals surface area (Å²) in [4.78, 5) is 4.28. The summed E-state index contributed by atoms with van der Waals surface area (Å²) < 4.78 is 2.42. The smallest absolute Gasteiger partial charge is 0.0926 e. The number of hydrogen-bond donors (Lipinski definition) is 1. The van der Waals surface area contributed by atoms with Crippen molar-refractivity contribution in [2.45, 2.75) is 25.9 Å². The fraction of sp³-hybridized carbons (Fsp3) is 0.114. The molecule has 0 saturated heterocycles. The number of rotatable bonds is 7. The molecule has 0 spiro atoms. The Kier molecular flexibility index (Phi) is 7.10. The fourth-order valence-corrected chi connectivity index (χ4v) is 7.33. The highest BCUT2D eigenvalue weighted by Gasteiger charge is 2.36. The van der Waals surface area contributed by atoms with E-state index in [-0.39, 0.29) is 5.41 Å². The van der Waals surface area contributed by atoms with Crippen LogP contribution in [0, 0.1) is 0 Å². The van der Waals surface area contributed by atoms with E-state index in [1.807, 2.05) is 13.3 Å². The summed E-state index contributed by atoms with van der Waals surface area (Å²) in [7, 11) is 1.81. The van der Waals surface area contributed by atoms with E-state index < -0.39 is 0 Å². The number of para-hydroxylation sites is 1. The van der Waals surface area contributed by atoms with E-state index in [2.05, 4.69) is 174 Å². The molecule has 0 radical (unpaired) electrons. The van der Waals surface area contributed by atoms with Gasteiger partial charge in [0.15, 0.2) is 0 Å². The summed E-state index contributed by atoms with van der Waals surface area (Å²) in [5.74, 6) is 0. The van der Waals surface area contributed by atoms with Crippen molar-refractivity contribution in [1.82, 2.24) is 9.88 Å². The molecule has 7 aromatic rings. The zero-order valence-corrected chi connectivity index (χ0v) is 27.0. The van der Waals surface area contributed by atoms with Crippen LogP contribution in [-0.4, -0.2) is 17.8 Å². The number of nitrogens with one attached hydrogen (secondary N) is 1. The molecular formula is C44H37N3. The molecule has 1 N–H and O–H groups in total. The summed E-state index contributed by atoms with van der Waals surface area (Å²) in [6.45, 7) is 5.32. The lowest BCUT2D eigenvalue weighted by Gasteiger charge is -2.22. The summed E-state index contributed by atoms with van der Waals surface area (Å²) in [6, 6.07) is 50.6. The van der Waals surface area contributed by atoms with Gasteiger partial charge >= 0.3 is 0 Å². The maximum absolute atomic E-state index is 4.28. The number of hydrogen-bond acceptors (Lipinski definition) is 2. The second-order valence-electron chi connectivity index (χ2n) is 12.9. The Labute approximate surface area is 276 Å². The zero-order chi connectivity index (χ0) is 32.0. The minimum Gasteiger partial charge on any atom is -0.367 e. The van der Waals surface area contributed by atoms with Crippen LogP contribution < -0.4 is 5.32 Å². The molecule has 3 nitrogen and oxygen atoms in total. The third kappa shape index (κ3) is 4.96. The van der Waals surface area contributed by atoms with Crippen molar-refractivity contribution >= 4 is 33.7 Å². The molecule has 6 aromatic carbocycles. The van der Waals surface area contributed by atoms with Crippen LogP contribution in [0.1, 0.15) is 30.5 Å². The van der Waals surface area contributed by atoms with Gasteiger partial charge in [-0.2, -0.15) is 0 Å². The van der Waals surface area contributed by atoms with E-state index >= 15 is 0 Å². The van der Waals surface area contributed by atoms with Gasteiger partial charge in [0.2, 0.25) is 0 Å². The molecule has 1 heterocycles. The van der Waals surface area contributed by atoms with Gasteiger partial charge in [0, 0.05) is 35.1 Å². The molecule has 3 heteroatoms. The molecule has 8 rings (SSSR count). The van der Waals surface area contributed by atoms with E-state index in [0.29, 0.717) is 6.67 Å². The van der Waals surface area contributed by atoms with Gasteiger partial charge in [0.1, 0.15) is 0 Å². The molecule has 0 fully saturated rings. The second-order valence-corrected chi connectivity index (χ2v) is 12.9. The highest BCUT2D eigenvalue weighted by Crippen LogP contribution is 2.50. The molecule has 0 saturated carbocycles. The topological polar surface area (TPSA) is 29.3 Å². The number of aromatic nitrogens is 1. The molecule has 1 aliphatic rings. The average Bonchev–Trinajstić information content (AvgIpc) is 3.55. The Balaban J connectivity index is 1.14. The van der Waals surface area contributed by atoms with Crippen molar-refractivity contribution < 1.29 is 0 Å². The van der Waals surface area contributed by atoms with Crippen molar-refractivity contribution in [2.24, 2.45) is 4.99 Å². The highest BCUT2D eigenvalue weighted by molar-refractivity contribution is 6.10. The van der Waals surface area contributed by atoms with E-state index in [0.717, 1.165) is 11.3 Å². The summed E-state index contributed by atoms with van der Waals surface area (Å²) in [6.07, 6.45) is 3.93. The lowest BCUT2D eigenvalue weighted by molar-refractivity contribution is 0.658. The van der Waals surface area contributed by atoms with Gasteiger partial charge in [-0.3, -0.25) is 4.99 Å². The number of benzene rings is 6. The molecule has 0 amide bonds. The Morgan fingerprint density at radius 1 is 0.617 bits per heavy atom. The quantitative estimate of drug-likeness (QED) is 0.180. The van der Waals surface area contributed by atoms with Crippen LogP contribution in [0.2, 0.25) is 0 Å². The number of nitrogens with zero attached hydrogens (tertiary/aromatic N) is 2. The van der Waals surface area contributed by atoms with Crippen LogP contribution in [0.4, 0.5) is 0 Å². The highest BCUT2D eigenvalue weighted by atomic mass is 15.1.